The fourth-order valence-electron chi connectivity index (χ4n) is 0.586. The second kappa shape index (κ2) is 2.81. The van der Waals surface area contributed by atoms with Gasteiger partial charge >= 0.3 is 71.0 Å². The quantitative estimate of drug-likeness (QED) is 0.632. The van der Waals surface area contributed by atoms with E-state index < -0.39 is 5.82 Å². The molecule has 1 atom stereocenters. The first-order valence-electron chi connectivity index (χ1n) is 2.54. The van der Waals surface area contributed by atoms with Crippen LogP contribution in [0.3, 0.4) is 0 Å². The van der Waals surface area contributed by atoms with E-state index in [1.165, 1.54) is 6.07 Å². The molecule has 0 amide bonds. The van der Waals surface area contributed by atoms with Gasteiger partial charge in [0.05, 0.1) is 0 Å². The Labute approximate surface area is 71.3 Å². The molecular weight excluding hydrogens is 217 g/mol. The minimum atomic E-state index is -0.415. The van der Waals surface area contributed by atoms with E-state index >= 15 is 0 Å². The number of hydrogen-bond acceptors (Lipinski definition) is 1. The standard InChI is InChI=1S/C6H5AsClFO/c7-4-1-3(9)2-5(8)6(4)10/h1-2,10H,7H2. The van der Waals surface area contributed by atoms with Crippen molar-refractivity contribution in [1.82, 2.24) is 0 Å². The van der Waals surface area contributed by atoms with Crippen LogP contribution >= 0.6 is 11.6 Å². The van der Waals surface area contributed by atoms with Crippen LogP contribution in [-0.4, -0.2) is 22.0 Å². The van der Waals surface area contributed by atoms with E-state index in [1.54, 1.807) is 0 Å². The van der Waals surface area contributed by atoms with Crippen LogP contribution in [-0.2, 0) is 0 Å². The van der Waals surface area contributed by atoms with Crippen molar-refractivity contribution in [2.24, 2.45) is 0 Å². The van der Waals surface area contributed by atoms with Crippen LogP contribution < -0.4 is 4.35 Å². The predicted octanol–water partition coefficient (Wildman–Crippen LogP) is 0.443. The van der Waals surface area contributed by atoms with Gasteiger partial charge in [-0.15, -0.1) is 0 Å². The normalized spacial score (nSPS) is 9.90. The van der Waals surface area contributed by atoms with Crippen LogP contribution in [0.1, 0.15) is 0 Å². The van der Waals surface area contributed by atoms with Crippen LogP contribution in [0.4, 0.5) is 4.39 Å². The molecule has 1 N–H and O–H groups in total. The van der Waals surface area contributed by atoms with Gasteiger partial charge in [0.25, 0.3) is 0 Å². The zero-order valence-electron chi connectivity index (χ0n) is 4.94. The summed E-state index contributed by atoms with van der Waals surface area (Å²) in [4.78, 5) is 0. The van der Waals surface area contributed by atoms with E-state index in [1.807, 2.05) is 0 Å². The first kappa shape index (κ1) is 7.90. The van der Waals surface area contributed by atoms with E-state index in [0.29, 0.717) is 4.35 Å². The van der Waals surface area contributed by atoms with Crippen molar-refractivity contribution >= 4 is 32.8 Å². The number of phenols is 1. The zero-order valence-corrected chi connectivity index (χ0v) is 8.11. The molecule has 0 heterocycles. The van der Waals surface area contributed by atoms with Gasteiger partial charge in [-0.05, 0) is 0 Å². The Bertz CT molecular complexity index is 241. The van der Waals surface area contributed by atoms with Crippen molar-refractivity contribution in [3.8, 4) is 5.75 Å². The molecule has 0 aliphatic carbocycles. The molecule has 1 aromatic carbocycles. The summed E-state index contributed by atoms with van der Waals surface area (Å²) in [5.74, 6) is -0.440. The van der Waals surface area contributed by atoms with E-state index in [4.69, 9.17) is 16.7 Å². The molecule has 0 spiro atoms. The van der Waals surface area contributed by atoms with Gasteiger partial charge in [-0.1, -0.05) is 0 Å². The van der Waals surface area contributed by atoms with Crippen LogP contribution in [0.2, 0.25) is 5.02 Å². The van der Waals surface area contributed by atoms with Crippen LogP contribution in [0.5, 0.6) is 5.75 Å². The number of rotatable bonds is 0. The van der Waals surface area contributed by atoms with Crippen molar-refractivity contribution in [1.29, 1.82) is 0 Å². The third kappa shape index (κ3) is 1.44. The molecule has 0 radical (unpaired) electrons. The summed E-state index contributed by atoms with van der Waals surface area (Å²) in [7, 11) is 0. The Morgan fingerprint density at radius 3 is 2.60 bits per heavy atom. The van der Waals surface area contributed by atoms with Crippen molar-refractivity contribution in [2.45, 2.75) is 0 Å². The second-order valence-electron chi connectivity index (χ2n) is 1.83. The van der Waals surface area contributed by atoms with E-state index in [0.717, 1.165) is 22.9 Å². The zero-order chi connectivity index (χ0) is 7.72. The molecule has 1 aromatic rings. The van der Waals surface area contributed by atoms with Gasteiger partial charge in [0.15, 0.2) is 0 Å². The third-order valence-corrected chi connectivity index (χ3v) is 2.27. The summed E-state index contributed by atoms with van der Waals surface area (Å²) in [6, 6.07) is 2.33. The molecule has 0 saturated carbocycles. The summed E-state index contributed by atoms with van der Waals surface area (Å²) >= 11 is 6.58. The van der Waals surface area contributed by atoms with Gasteiger partial charge in [-0.3, -0.25) is 0 Å². The molecule has 0 aliphatic rings. The topological polar surface area (TPSA) is 20.2 Å². The summed E-state index contributed by atoms with van der Waals surface area (Å²) in [6.07, 6.45) is 0. The summed E-state index contributed by atoms with van der Waals surface area (Å²) < 4.78 is 12.9. The second-order valence-corrected chi connectivity index (χ2v) is 3.54. The molecule has 10 heavy (non-hydrogen) atoms. The maximum atomic E-state index is 12.4. The first-order valence-corrected chi connectivity index (χ1v) is 4.13. The van der Waals surface area contributed by atoms with Gasteiger partial charge in [0, 0.05) is 0 Å². The Morgan fingerprint density at radius 1 is 1.50 bits per heavy atom. The molecule has 0 aliphatic heterocycles. The van der Waals surface area contributed by atoms with Gasteiger partial charge < -0.3 is 0 Å². The molecule has 0 bridgehead atoms. The molecule has 1 unspecified atom stereocenters. The molecule has 4 heteroatoms. The molecule has 0 fully saturated rings. The van der Waals surface area contributed by atoms with Gasteiger partial charge in [-0.2, -0.15) is 0 Å². The van der Waals surface area contributed by atoms with Crippen LogP contribution in [0.25, 0.3) is 0 Å². The Hall–Kier alpha value is -0.202. The number of hydrogen-bond donors (Lipinski definition) is 1. The number of aromatic hydroxyl groups is 1. The third-order valence-electron chi connectivity index (χ3n) is 1.06. The Kier molecular flexibility index (Phi) is 2.22. The van der Waals surface area contributed by atoms with Crippen molar-refractivity contribution in [3.05, 3.63) is 23.0 Å². The average molecular weight is 222 g/mol. The van der Waals surface area contributed by atoms with Gasteiger partial charge in [0.2, 0.25) is 0 Å². The van der Waals surface area contributed by atoms with Crippen LogP contribution in [0.15, 0.2) is 12.1 Å². The first-order chi connectivity index (χ1) is 4.61. The maximum absolute atomic E-state index is 12.4. The number of phenolic OH excluding ortho intramolecular Hbond substituents is 1. The summed E-state index contributed by atoms with van der Waals surface area (Å²) in [5, 5.41) is 9.12. The summed E-state index contributed by atoms with van der Waals surface area (Å²) in [5.41, 5.74) is 0. The molecule has 0 saturated heterocycles. The number of benzene rings is 1. The fraction of sp³-hybridized carbons (Fsp3) is 0. The summed E-state index contributed by atoms with van der Waals surface area (Å²) in [6.45, 7) is 0. The molecule has 0 aromatic heterocycles. The number of halogens is 2. The van der Waals surface area contributed by atoms with Crippen LogP contribution in [0, 0.1) is 5.82 Å². The Morgan fingerprint density at radius 2 is 2.10 bits per heavy atom. The van der Waals surface area contributed by atoms with Crippen molar-refractivity contribution in [2.75, 3.05) is 0 Å². The monoisotopic (exact) mass is 222 g/mol. The molecular formula is C6H5AsClFO. The van der Waals surface area contributed by atoms with Gasteiger partial charge in [-0.25, -0.2) is 0 Å². The fourth-order valence-corrected chi connectivity index (χ4v) is 1.65. The molecule has 1 rings (SSSR count). The molecule has 1 nitrogen and oxygen atoms in total. The average Bonchev–Trinajstić information content (AvgIpc) is 1.82. The predicted molar refractivity (Wildman–Crippen MR) is 41.3 cm³/mol. The van der Waals surface area contributed by atoms with Crippen molar-refractivity contribution in [3.63, 3.8) is 0 Å². The SMILES string of the molecule is Oc1c(Cl)cc(F)cc1[AsH2]. The van der Waals surface area contributed by atoms with E-state index in [9.17, 15) is 4.39 Å². The van der Waals surface area contributed by atoms with Crippen molar-refractivity contribution < 1.29 is 9.50 Å². The van der Waals surface area contributed by atoms with E-state index in [2.05, 4.69) is 0 Å². The minimum absolute atomic E-state index is 0.0249. The van der Waals surface area contributed by atoms with Gasteiger partial charge in [0.1, 0.15) is 0 Å². The van der Waals surface area contributed by atoms with E-state index in [-0.39, 0.29) is 10.8 Å². The molecule has 54 valence electrons. The Balaban J connectivity index is 3.31.